The van der Waals surface area contributed by atoms with Gasteiger partial charge in [0.15, 0.2) is 0 Å². The second kappa shape index (κ2) is 9.90. The number of nitrogens with two attached hydrogens (primary N) is 1. The van der Waals surface area contributed by atoms with Crippen molar-refractivity contribution in [1.29, 1.82) is 10.5 Å². The molecule has 0 amide bonds. The summed E-state index contributed by atoms with van der Waals surface area (Å²) in [5.41, 5.74) is 7.10. The van der Waals surface area contributed by atoms with E-state index in [0.717, 1.165) is 4.47 Å². The van der Waals surface area contributed by atoms with Gasteiger partial charge in [0.1, 0.15) is 47.4 Å². The van der Waals surface area contributed by atoms with Crippen LogP contribution in [0.4, 0.5) is 10.2 Å². The summed E-state index contributed by atoms with van der Waals surface area (Å²) in [5.74, 6) is 0.108. The van der Waals surface area contributed by atoms with Gasteiger partial charge >= 0.3 is 0 Å². The van der Waals surface area contributed by atoms with Gasteiger partial charge in [0.25, 0.3) is 0 Å². The molecule has 0 unspecified atom stereocenters. The summed E-state index contributed by atoms with van der Waals surface area (Å²) in [4.78, 5) is 0. The number of nitriles is 2. The number of benzene rings is 2. The molecule has 3 rings (SSSR count). The van der Waals surface area contributed by atoms with Crippen LogP contribution in [0, 0.1) is 28.5 Å². The number of allylic oxidation sites excluding steroid dienone is 1. The standard InChI is InChI=1S/C22H17BrFN5O2/c23-17-5-6-20(31-13-14-3-1-2-4-19(14)24)15(10-17)9-16(11-25)21-18(12-26)22(27)29(28-21)7-8-30/h1-6,9-10,30H,7-8,13,27H2/b16-9+. The van der Waals surface area contributed by atoms with Crippen LogP contribution in [-0.2, 0) is 13.2 Å². The highest BCUT2D eigenvalue weighted by Crippen LogP contribution is 2.30. The summed E-state index contributed by atoms with van der Waals surface area (Å²) in [5, 5.41) is 32.6. The fourth-order valence-corrected chi connectivity index (χ4v) is 3.26. The number of hydrogen-bond donors (Lipinski definition) is 2. The molecule has 0 saturated carbocycles. The second-order valence-electron chi connectivity index (χ2n) is 6.40. The van der Waals surface area contributed by atoms with E-state index in [-0.39, 0.29) is 48.2 Å². The third-order valence-corrected chi connectivity index (χ3v) is 4.90. The lowest BCUT2D eigenvalue weighted by atomic mass is 10.1. The Kier molecular flexibility index (Phi) is 7.03. The van der Waals surface area contributed by atoms with Gasteiger partial charge in [-0.2, -0.15) is 15.6 Å². The fraction of sp³-hybridized carbons (Fsp3) is 0.136. The number of ether oxygens (including phenoxy) is 1. The summed E-state index contributed by atoms with van der Waals surface area (Å²) < 4.78 is 21.7. The van der Waals surface area contributed by atoms with Crippen molar-refractivity contribution in [2.75, 3.05) is 12.3 Å². The Balaban J connectivity index is 2.01. The lowest BCUT2D eigenvalue weighted by Gasteiger charge is -2.11. The minimum atomic E-state index is -0.377. The summed E-state index contributed by atoms with van der Waals surface area (Å²) >= 11 is 3.39. The molecular weight excluding hydrogens is 465 g/mol. The molecule has 0 bridgehead atoms. The van der Waals surface area contributed by atoms with E-state index in [1.165, 1.54) is 16.8 Å². The van der Waals surface area contributed by atoms with Gasteiger partial charge in [-0.15, -0.1) is 0 Å². The van der Waals surface area contributed by atoms with Crippen molar-refractivity contribution in [1.82, 2.24) is 9.78 Å². The Labute approximate surface area is 186 Å². The first-order valence-corrected chi connectivity index (χ1v) is 9.93. The number of anilines is 1. The first-order valence-electron chi connectivity index (χ1n) is 9.13. The molecule has 1 aromatic heterocycles. The van der Waals surface area contributed by atoms with Gasteiger partial charge in [0.2, 0.25) is 0 Å². The summed E-state index contributed by atoms with van der Waals surface area (Å²) in [7, 11) is 0. The molecule has 1 heterocycles. The number of nitrogens with zero attached hydrogens (tertiary/aromatic N) is 4. The topological polar surface area (TPSA) is 121 Å². The van der Waals surface area contributed by atoms with Crippen LogP contribution < -0.4 is 10.5 Å². The van der Waals surface area contributed by atoms with Crippen LogP contribution in [0.3, 0.4) is 0 Å². The molecule has 7 nitrogen and oxygen atoms in total. The molecule has 0 fully saturated rings. The highest BCUT2D eigenvalue weighted by Gasteiger charge is 2.19. The minimum absolute atomic E-state index is 0.00144. The van der Waals surface area contributed by atoms with Crippen molar-refractivity contribution >= 4 is 33.4 Å². The third kappa shape index (κ3) is 4.92. The molecule has 0 aliphatic heterocycles. The first kappa shape index (κ1) is 22.0. The van der Waals surface area contributed by atoms with Gasteiger partial charge in [-0.25, -0.2) is 9.07 Å². The highest BCUT2D eigenvalue weighted by molar-refractivity contribution is 9.10. The fourth-order valence-electron chi connectivity index (χ4n) is 2.88. The van der Waals surface area contributed by atoms with E-state index in [0.29, 0.717) is 16.9 Å². The van der Waals surface area contributed by atoms with E-state index >= 15 is 0 Å². The van der Waals surface area contributed by atoms with Crippen molar-refractivity contribution < 1.29 is 14.2 Å². The summed E-state index contributed by atoms with van der Waals surface area (Å²) in [6, 6.07) is 15.5. The maximum atomic E-state index is 13.9. The number of aliphatic hydroxyl groups excluding tert-OH is 1. The Morgan fingerprint density at radius 3 is 2.74 bits per heavy atom. The number of halogens is 2. The van der Waals surface area contributed by atoms with E-state index in [9.17, 15) is 14.9 Å². The monoisotopic (exact) mass is 481 g/mol. The quantitative estimate of drug-likeness (QED) is 0.494. The van der Waals surface area contributed by atoms with E-state index in [4.69, 9.17) is 15.6 Å². The number of rotatable bonds is 7. The van der Waals surface area contributed by atoms with E-state index in [2.05, 4.69) is 21.0 Å². The maximum Gasteiger partial charge on any atom is 0.140 e. The molecule has 3 N–H and O–H groups in total. The van der Waals surface area contributed by atoms with E-state index in [1.807, 2.05) is 12.1 Å². The molecular formula is C22H17BrFN5O2. The second-order valence-corrected chi connectivity index (χ2v) is 7.32. The molecule has 3 aromatic rings. The Morgan fingerprint density at radius 2 is 2.06 bits per heavy atom. The zero-order valence-corrected chi connectivity index (χ0v) is 17.8. The molecule has 0 spiro atoms. The molecule has 156 valence electrons. The van der Waals surface area contributed by atoms with Crippen molar-refractivity contribution in [3.05, 3.63) is 75.1 Å². The average molecular weight is 482 g/mol. The largest absolute Gasteiger partial charge is 0.488 e. The third-order valence-electron chi connectivity index (χ3n) is 4.40. The Morgan fingerprint density at radius 1 is 1.29 bits per heavy atom. The Bertz CT molecular complexity index is 1220. The van der Waals surface area contributed by atoms with Crippen LogP contribution in [-0.4, -0.2) is 21.5 Å². The minimum Gasteiger partial charge on any atom is -0.488 e. The number of aliphatic hydroxyl groups is 1. The van der Waals surface area contributed by atoms with Crippen molar-refractivity contribution in [2.24, 2.45) is 0 Å². The summed E-state index contributed by atoms with van der Waals surface area (Å²) in [6.45, 7) is -0.132. The molecule has 0 saturated heterocycles. The molecule has 0 atom stereocenters. The average Bonchev–Trinajstić information content (AvgIpc) is 3.07. The summed E-state index contributed by atoms with van der Waals surface area (Å²) in [6.07, 6.45) is 1.52. The van der Waals surface area contributed by atoms with Crippen LogP contribution in [0.25, 0.3) is 11.6 Å². The smallest absolute Gasteiger partial charge is 0.140 e. The van der Waals surface area contributed by atoms with Gasteiger partial charge in [0.05, 0.1) is 18.7 Å². The first-order chi connectivity index (χ1) is 15.0. The van der Waals surface area contributed by atoms with Crippen LogP contribution >= 0.6 is 15.9 Å². The van der Waals surface area contributed by atoms with Crippen molar-refractivity contribution in [3.63, 3.8) is 0 Å². The highest BCUT2D eigenvalue weighted by atomic mass is 79.9. The van der Waals surface area contributed by atoms with E-state index < -0.39 is 0 Å². The van der Waals surface area contributed by atoms with Crippen molar-refractivity contribution in [2.45, 2.75) is 13.2 Å². The van der Waals surface area contributed by atoms with Gasteiger partial charge in [-0.3, -0.25) is 0 Å². The predicted molar refractivity (Wildman–Crippen MR) is 117 cm³/mol. The normalized spacial score (nSPS) is 11.1. The lowest BCUT2D eigenvalue weighted by molar-refractivity contribution is 0.270. The van der Waals surface area contributed by atoms with Gasteiger partial charge < -0.3 is 15.6 Å². The molecule has 2 aromatic carbocycles. The van der Waals surface area contributed by atoms with Crippen LogP contribution in [0.5, 0.6) is 5.75 Å². The van der Waals surface area contributed by atoms with E-state index in [1.54, 1.807) is 36.4 Å². The number of hydrogen-bond acceptors (Lipinski definition) is 6. The van der Waals surface area contributed by atoms with Gasteiger partial charge in [-0.05, 0) is 30.3 Å². The SMILES string of the molecule is N#C/C(=C\c1cc(Br)ccc1OCc1ccccc1F)c1nn(CCO)c(N)c1C#N. The maximum absolute atomic E-state index is 13.9. The van der Waals surface area contributed by atoms with Crippen LogP contribution in [0.15, 0.2) is 46.9 Å². The van der Waals surface area contributed by atoms with Crippen molar-refractivity contribution in [3.8, 4) is 17.9 Å². The Hall–Kier alpha value is -3.66. The van der Waals surface area contributed by atoms with Crippen LogP contribution in [0.1, 0.15) is 22.4 Å². The molecule has 0 radical (unpaired) electrons. The number of nitrogen functional groups attached to an aromatic ring is 1. The van der Waals surface area contributed by atoms with Crippen LogP contribution in [0.2, 0.25) is 0 Å². The number of aromatic nitrogens is 2. The van der Waals surface area contributed by atoms with Gasteiger partial charge in [0, 0.05) is 15.6 Å². The zero-order chi connectivity index (χ0) is 22.4. The van der Waals surface area contributed by atoms with Gasteiger partial charge in [-0.1, -0.05) is 34.1 Å². The molecule has 0 aliphatic rings. The zero-order valence-electron chi connectivity index (χ0n) is 16.2. The lowest BCUT2D eigenvalue weighted by Crippen LogP contribution is -2.07. The molecule has 0 aliphatic carbocycles. The predicted octanol–water partition coefficient (Wildman–Crippen LogP) is 3.87. The molecule has 9 heteroatoms. The molecule has 31 heavy (non-hydrogen) atoms.